The van der Waals surface area contributed by atoms with Gasteiger partial charge in [-0.15, -0.1) is 0 Å². The second-order valence-electron chi connectivity index (χ2n) is 5.66. The van der Waals surface area contributed by atoms with Crippen LogP contribution in [0.5, 0.6) is 5.88 Å². The molecule has 0 aliphatic heterocycles. The Kier molecular flexibility index (Phi) is 6.75. The SMILES string of the molecule is Cc1ccccc1C(=O)NCCC(=O)Nc1ccc(OCC(F)(F)F)nc1. The maximum absolute atomic E-state index is 12.1. The van der Waals surface area contributed by atoms with E-state index in [0.29, 0.717) is 11.3 Å². The lowest BCUT2D eigenvalue weighted by atomic mass is 10.1. The monoisotopic (exact) mass is 381 g/mol. The Bertz CT molecular complexity index is 792. The number of alkyl halides is 3. The van der Waals surface area contributed by atoms with Crippen molar-refractivity contribution in [3.8, 4) is 5.88 Å². The fourth-order valence-corrected chi connectivity index (χ4v) is 2.13. The molecule has 9 heteroatoms. The van der Waals surface area contributed by atoms with Gasteiger partial charge in [0.15, 0.2) is 6.61 Å². The van der Waals surface area contributed by atoms with Crippen molar-refractivity contribution in [2.24, 2.45) is 0 Å². The lowest BCUT2D eigenvalue weighted by Gasteiger charge is -2.10. The smallest absolute Gasteiger partial charge is 0.422 e. The van der Waals surface area contributed by atoms with Gasteiger partial charge in [-0.05, 0) is 24.6 Å². The van der Waals surface area contributed by atoms with Crippen molar-refractivity contribution < 1.29 is 27.5 Å². The molecule has 0 saturated carbocycles. The van der Waals surface area contributed by atoms with Crippen LogP contribution in [0, 0.1) is 6.92 Å². The molecule has 2 amide bonds. The van der Waals surface area contributed by atoms with E-state index in [2.05, 4.69) is 20.4 Å². The van der Waals surface area contributed by atoms with Crippen LogP contribution in [0.4, 0.5) is 18.9 Å². The molecule has 0 fully saturated rings. The topological polar surface area (TPSA) is 80.3 Å². The van der Waals surface area contributed by atoms with Gasteiger partial charge in [-0.3, -0.25) is 9.59 Å². The summed E-state index contributed by atoms with van der Waals surface area (Å²) < 4.78 is 40.7. The number of aryl methyl sites for hydroxylation is 1. The average molecular weight is 381 g/mol. The van der Waals surface area contributed by atoms with Gasteiger partial charge in [-0.1, -0.05) is 18.2 Å². The van der Waals surface area contributed by atoms with Gasteiger partial charge >= 0.3 is 6.18 Å². The highest BCUT2D eigenvalue weighted by atomic mass is 19.4. The Hall–Kier alpha value is -3.10. The highest BCUT2D eigenvalue weighted by Gasteiger charge is 2.28. The van der Waals surface area contributed by atoms with E-state index in [4.69, 9.17) is 0 Å². The summed E-state index contributed by atoms with van der Waals surface area (Å²) in [6.45, 7) is 0.516. The Balaban J connectivity index is 1.75. The first-order valence-electron chi connectivity index (χ1n) is 8.04. The van der Waals surface area contributed by atoms with Crippen molar-refractivity contribution in [2.45, 2.75) is 19.5 Å². The van der Waals surface area contributed by atoms with Crippen molar-refractivity contribution in [3.63, 3.8) is 0 Å². The van der Waals surface area contributed by atoms with Crippen LogP contribution >= 0.6 is 0 Å². The minimum Gasteiger partial charge on any atom is -0.468 e. The zero-order chi connectivity index (χ0) is 19.9. The first kappa shape index (κ1) is 20.2. The van der Waals surface area contributed by atoms with Gasteiger partial charge in [-0.2, -0.15) is 13.2 Å². The number of carbonyl (C=O) groups is 2. The van der Waals surface area contributed by atoms with Crippen LogP contribution in [-0.2, 0) is 4.79 Å². The number of nitrogens with zero attached hydrogens (tertiary/aromatic N) is 1. The summed E-state index contributed by atoms with van der Waals surface area (Å²) in [6, 6.07) is 9.69. The van der Waals surface area contributed by atoms with E-state index in [9.17, 15) is 22.8 Å². The van der Waals surface area contributed by atoms with Crippen molar-refractivity contribution in [2.75, 3.05) is 18.5 Å². The summed E-state index contributed by atoms with van der Waals surface area (Å²) in [5.41, 5.74) is 1.68. The lowest BCUT2D eigenvalue weighted by Crippen LogP contribution is -2.28. The fourth-order valence-electron chi connectivity index (χ4n) is 2.13. The molecular weight excluding hydrogens is 363 g/mol. The number of pyridine rings is 1. The highest BCUT2D eigenvalue weighted by Crippen LogP contribution is 2.18. The molecule has 0 radical (unpaired) electrons. The summed E-state index contributed by atoms with van der Waals surface area (Å²) in [5.74, 6) is -0.838. The third-order valence-electron chi connectivity index (χ3n) is 3.43. The summed E-state index contributed by atoms with van der Waals surface area (Å²) in [4.78, 5) is 27.6. The quantitative estimate of drug-likeness (QED) is 0.772. The molecule has 0 saturated heterocycles. The summed E-state index contributed by atoms with van der Waals surface area (Å²) in [6.07, 6.45) is -3.23. The number of nitrogens with one attached hydrogen (secondary N) is 2. The average Bonchev–Trinajstić information content (AvgIpc) is 2.60. The highest BCUT2D eigenvalue weighted by molar-refractivity contribution is 5.96. The Labute approximate surface area is 153 Å². The molecular formula is C18H18F3N3O3. The van der Waals surface area contributed by atoms with Crippen molar-refractivity contribution >= 4 is 17.5 Å². The van der Waals surface area contributed by atoms with Gasteiger partial charge < -0.3 is 15.4 Å². The van der Waals surface area contributed by atoms with Crippen LogP contribution in [0.15, 0.2) is 42.6 Å². The molecule has 1 aromatic heterocycles. The van der Waals surface area contributed by atoms with E-state index in [1.54, 1.807) is 12.1 Å². The van der Waals surface area contributed by atoms with Crippen LogP contribution in [0.25, 0.3) is 0 Å². The molecule has 0 aliphatic rings. The third kappa shape index (κ3) is 6.96. The maximum atomic E-state index is 12.1. The van der Waals surface area contributed by atoms with Crippen LogP contribution < -0.4 is 15.4 Å². The first-order chi connectivity index (χ1) is 12.7. The number of rotatable bonds is 7. The normalized spacial score (nSPS) is 11.0. The summed E-state index contributed by atoms with van der Waals surface area (Å²) >= 11 is 0. The van der Waals surface area contributed by atoms with Crippen LogP contribution in [0.2, 0.25) is 0 Å². The number of anilines is 1. The van der Waals surface area contributed by atoms with E-state index >= 15 is 0 Å². The number of hydrogen-bond acceptors (Lipinski definition) is 4. The largest absolute Gasteiger partial charge is 0.468 e. The van der Waals surface area contributed by atoms with Gasteiger partial charge in [0.25, 0.3) is 5.91 Å². The minimum absolute atomic E-state index is 0.0317. The predicted molar refractivity (Wildman–Crippen MR) is 92.5 cm³/mol. The van der Waals surface area contributed by atoms with Gasteiger partial charge in [0, 0.05) is 24.6 Å². The van der Waals surface area contributed by atoms with Crippen LogP contribution in [0.1, 0.15) is 22.3 Å². The molecule has 144 valence electrons. The van der Waals surface area contributed by atoms with E-state index in [1.807, 2.05) is 19.1 Å². The van der Waals surface area contributed by atoms with E-state index < -0.39 is 12.8 Å². The molecule has 27 heavy (non-hydrogen) atoms. The fraction of sp³-hybridized carbons (Fsp3) is 0.278. The lowest BCUT2D eigenvalue weighted by molar-refractivity contribution is -0.154. The molecule has 0 bridgehead atoms. The molecule has 1 heterocycles. The van der Waals surface area contributed by atoms with E-state index in [0.717, 1.165) is 5.56 Å². The summed E-state index contributed by atoms with van der Waals surface area (Å²) in [5, 5.41) is 5.19. The number of ether oxygens (including phenoxy) is 1. The maximum Gasteiger partial charge on any atom is 0.422 e. The van der Waals surface area contributed by atoms with E-state index in [-0.39, 0.29) is 30.7 Å². The van der Waals surface area contributed by atoms with Gasteiger partial charge in [0.05, 0.1) is 11.9 Å². The molecule has 0 spiro atoms. The molecule has 6 nitrogen and oxygen atoms in total. The number of halogens is 3. The first-order valence-corrected chi connectivity index (χ1v) is 8.04. The Morgan fingerprint density at radius 2 is 1.89 bits per heavy atom. The van der Waals surface area contributed by atoms with E-state index in [1.165, 1.54) is 18.3 Å². The molecule has 2 aromatic rings. The Morgan fingerprint density at radius 3 is 2.52 bits per heavy atom. The number of amides is 2. The number of aromatic nitrogens is 1. The second kappa shape index (κ2) is 9.02. The molecule has 2 rings (SSSR count). The van der Waals surface area contributed by atoms with Gasteiger partial charge in [-0.25, -0.2) is 4.98 Å². The number of hydrogen-bond donors (Lipinski definition) is 2. The zero-order valence-corrected chi connectivity index (χ0v) is 14.5. The van der Waals surface area contributed by atoms with Crippen molar-refractivity contribution in [1.82, 2.24) is 10.3 Å². The van der Waals surface area contributed by atoms with Crippen LogP contribution in [0.3, 0.4) is 0 Å². The summed E-state index contributed by atoms with van der Waals surface area (Å²) in [7, 11) is 0. The minimum atomic E-state index is -4.45. The number of carbonyl (C=O) groups excluding carboxylic acids is 2. The standard InChI is InChI=1S/C18H18F3N3O3/c1-12-4-2-3-5-14(12)17(26)22-9-8-15(25)24-13-6-7-16(23-10-13)27-11-18(19,20)21/h2-7,10H,8-9,11H2,1H3,(H,22,26)(H,24,25). The van der Waals surface area contributed by atoms with Crippen molar-refractivity contribution in [1.29, 1.82) is 0 Å². The zero-order valence-electron chi connectivity index (χ0n) is 14.5. The molecule has 2 N–H and O–H groups in total. The molecule has 0 aliphatic carbocycles. The number of benzene rings is 1. The van der Waals surface area contributed by atoms with Gasteiger partial charge in [0.1, 0.15) is 0 Å². The Morgan fingerprint density at radius 1 is 1.15 bits per heavy atom. The molecule has 0 unspecified atom stereocenters. The van der Waals surface area contributed by atoms with Crippen molar-refractivity contribution in [3.05, 3.63) is 53.7 Å². The molecule has 1 aromatic carbocycles. The molecule has 0 atom stereocenters. The second-order valence-corrected chi connectivity index (χ2v) is 5.66. The predicted octanol–water partition coefficient (Wildman–Crippen LogP) is 3.09. The van der Waals surface area contributed by atoms with Crippen LogP contribution in [-0.4, -0.2) is 36.1 Å². The van der Waals surface area contributed by atoms with Gasteiger partial charge in [0.2, 0.25) is 11.8 Å². The third-order valence-corrected chi connectivity index (χ3v) is 3.43.